The zero-order chi connectivity index (χ0) is 14.6. The number of likely N-dealkylation sites (N-methyl/N-ethyl adjacent to an activating group) is 1. The van der Waals surface area contributed by atoms with E-state index in [1.807, 2.05) is 39.8 Å². The van der Waals surface area contributed by atoms with Crippen LogP contribution in [0.2, 0.25) is 0 Å². The van der Waals surface area contributed by atoms with E-state index in [2.05, 4.69) is 4.98 Å². The van der Waals surface area contributed by atoms with Gasteiger partial charge < -0.3 is 14.7 Å². The third-order valence-electron chi connectivity index (χ3n) is 2.61. The largest absolute Gasteiger partial charge is 0.478 e. The smallest absolute Gasteiger partial charge is 0.335 e. The Morgan fingerprint density at radius 1 is 1.37 bits per heavy atom. The van der Waals surface area contributed by atoms with Crippen molar-refractivity contribution in [3.05, 3.63) is 23.4 Å². The van der Waals surface area contributed by atoms with Gasteiger partial charge in [0.15, 0.2) is 0 Å². The fourth-order valence-electron chi connectivity index (χ4n) is 1.42. The number of pyridine rings is 1. The summed E-state index contributed by atoms with van der Waals surface area (Å²) in [6, 6.07) is 3.06. The molecule has 106 valence electrons. The third-order valence-corrected chi connectivity index (χ3v) is 2.61. The van der Waals surface area contributed by atoms with Crippen LogP contribution >= 0.6 is 0 Å². The summed E-state index contributed by atoms with van der Waals surface area (Å²) in [7, 11) is 3.90. The van der Waals surface area contributed by atoms with Crippen molar-refractivity contribution in [1.29, 1.82) is 0 Å². The molecule has 19 heavy (non-hydrogen) atoms. The molecule has 5 heteroatoms. The first-order chi connectivity index (χ1) is 8.70. The Kier molecular flexibility index (Phi) is 4.89. The fraction of sp³-hybridized carbons (Fsp3) is 0.571. The van der Waals surface area contributed by atoms with Gasteiger partial charge in [0.1, 0.15) is 6.61 Å². The SMILES string of the molecule is CN(C)CCOc1cc(C(=O)O)cc(C(C)(C)C)n1. The number of carboxylic acids is 1. The molecule has 1 N–H and O–H groups in total. The Balaban J connectivity index is 2.97. The molecule has 0 amide bonds. The van der Waals surface area contributed by atoms with E-state index in [-0.39, 0.29) is 11.0 Å². The average molecular weight is 266 g/mol. The molecule has 5 nitrogen and oxygen atoms in total. The molecule has 0 aliphatic rings. The van der Waals surface area contributed by atoms with Gasteiger partial charge in [-0.05, 0) is 20.2 Å². The minimum atomic E-state index is -0.967. The van der Waals surface area contributed by atoms with Gasteiger partial charge in [0.25, 0.3) is 0 Å². The predicted octanol–water partition coefficient (Wildman–Crippen LogP) is 2.02. The summed E-state index contributed by atoms with van der Waals surface area (Å²) in [5, 5.41) is 9.12. The fourth-order valence-corrected chi connectivity index (χ4v) is 1.42. The molecule has 0 saturated carbocycles. The molecule has 0 aromatic carbocycles. The van der Waals surface area contributed by atoms with Crippen LogP contribution in [0.5, 0.6) is 5.88 Å². The second-order valence-electron chi connectivity index (χ2n) is 5.79. The van der Waals surface area contributed by atoms with Crippen molar-refractivity contribution in [1.82, 2.24) is 9.88 Å². The Bertz CT molecular complexity index is 450. The quantitative estimate of drug-likeness (QED) is 0.883. The highest BCUT2D eigenvalue weighted by atomic mass is 16.5. The summed E-state index contributed by atoms with van der Waals surface area (Å²) in [4.78, 5) is 17.5. The lowest BCUT2D eigenvalue weighted by Crippen LogP contribution is -2.21. The minimum Gasteiger partial charge on any atom is -0.478 e. The van der Waals surface area contributed by atoms with Crippen LogP contribution in [0.25, 0.3) is 0 Å². The van der Waals surface area contributed by atoms with Crippen LogP contribution in [-0.4, -0.2) is 48.2 Å². The summed E-state index contributed by atoms with van der Waals surface area (Å²) in [6.45, 7) is 7.20. The van der Waals surface area contributed by atoms with Gasteiger partial charge in [-0.1, -0.05) is 20.8 Å². The summed E-state index contributed by atoms with van der Waals surface area (Å²) >= 11 is 0. The molecule has 0 saturated heterocycles. The van der Waals surface area contributed by atoms with Gasteiger partial charge in [-0.25, -0.2) is 9.78 Å². The number of nitrogens with zero attached hydrogens (tertiary/aromatic N) is 2. The minimum absolute atomic E-state index is 0.208. The molecule has 0 fully saturated rings. The van der Waals surface area contributed by atoms with Crippen LogP contribution in [0.15, 0.2) is 12.1 Å². The van der Waals surface area contributed by atoms with Crippen molar-refractivity contribution in [2.75, 3.05) is 27.2 Å². The maximum Gasteiger partial charge on any atom is 0.335 e. The lowest BCUT2D eigenvalue weighted by Gasteiger charge is -2.19. The molecular weight excluding hydrogens is 244 g/mol. The van der Waals surface area contributed by atoms with Gasteiger partial charge in [0.05, 0.1) is 11.3 Å². The van der Waals surface area contributed by atoms with Gasteiger partial charge in [0, 0.05) is 18.0 Å². The van der Waals surface area contributed by atoms with E-state index >= 15 is 0 Å². The van der Waals surface area contributed by atoms with Gasteiger partial charge in [0.2, 0.25) is 5.88 Å². The first-order valence-electron chi connectivity index (χ1n) is 6.23. The standard InChI is InChI=1S/C14H22N2O3/c1-14(2,3)11-8-10(13(17)18)9-12(15-11)19-7-6-16(4)5/h8-9H,6-7H2,1-5H3,(H,17,18). The first kappa shape index (κ1) is 15.4. The number of hydrogen-bond acceptors (Lipinski definition) is 4. The van der Waals surface area contributed by atoms with Crippen LogP contribution in [0.1, 0.15) is 36.8 Å². The van der Waals surface area contributed by atoms with E-state index in [4.69, 9.17) is 9.84 Å². The van der Waals surface area contributed by atoms with Crippen molar-refractivity contribution in [3.63, 3.8) is 0 Å². The zero-order valence-corrected chi connectivity index (χ0v) is 12.2. The average Bonchev–Trinajstić information content (AvgIpc) is 2.26. The number of hydrogen-bond donors (Lipinski definition) is 1. The maximum atomic E-state index is 11.1. The van der Waals surface area contributed by atoms with E-state index in [0.717, 1.165) is 6.54 Å². The number of ether oxygens (including phenoxy) is 1. The topological polar surface area (TPSA) is 62.7 Å². The number of carboxylic acid groups (broad SMARTS) is 1. The monoisotopic (exact) mass is 266 g/mol. The molecule has 0 radical (unpaired) electrons. The second kappa shape index (κ2) is 6.02. The van der Waals surface area contributed by atoms with Gasteiger partial charge in [-0.15, -0.1) is 0 Å². The molecular formula is C14H22N2O3. The Hall–Kier alpha value is -1.62. The van der Waals surface area contributed by atoms with Crippen molar-refractivity contribution >= 4 is 5.97 Å². The van der Waals surface area contributed by atoms with E-state index in [0.29, 0.717) is 18.2 Å². The van der Waals surface area contributed by atoms with Gasteiger partial charge >= 0.3 is 5.97 Å². The summed E-state index contributed by atoms with van der Waals surface area (Å²) in [5.74, 6) is -0.600. The van der Waals surface area contributed by atoms with E-state index < -0.39 is 5.97 Å². The van der Waals surface area contributed by atoms with Crippen LogP contribution < -0.4 is 4.74 Å². The molecule has 0 atom stereocenters. The van der Waals surface area contributed by atoms with Crippen molar-refractivity contribution < 1.29 is 14.6 Å². The van der Waals surface area contributed by atoms with Crippen molar-refractivity contribution in [2.45, 2.75) is 26.2 Å². The summed E-state index contributed by atoms with van der Waals surface area (Å²) in [5.41, 5.74) is 0.706. The molecule has 0 bridgehead atoms. The lowest BCUT2D eigenvalue weighted by atomic mass is 9.91. The van der Waals surface area contributed by atoms with Gasteiger partial charge in [-0.2, -0.15) is 0 Å². The third kappa shape index (κ3) is 4.87. The highest BCUT2D eigenvalue weighted by Gasteiger charge is 2.19. The lowest BCUT2D eigenvalue weighted by molar-refractivity contribution is 0.0695. The normalized spacial score (nSPS) is 11.7. The van der Waals surface area contributed by atoms with Crippen LogP contribution in [0.4, 0.5) is 0 Å². The maximum absolute atomic E-state index is 11.1. The molecule has 1 rings (SSSR count). The zero-order valence-electron chi connectivity index (χ0n) is 12.2. The summed E-state index contributed by atoms with van der Waals surface area (Å²) in [6.07, 6.45) is 0. The van der Waals surface area contributed by atoms with Crippen molar-refractivity contribution in [3.8, 4) is 5.88 Å². The Labute approximate surface area is 114 Å². The highest BCUT2D eigenvalue weighted by molar-refractivity contribution is 5.88. The summed E-state index contributed by atoms with van der Waals surface area (Å²) < 4.78 is 5.53. The van der Waals surface area contributed by atoms with E-state index in [1.54, 1.807) is 6.07 Å². The number of aromatic carboxylic acids is 1. The van der Waals surface area contributed by atoms with Crippen LogP contribution in [-0.2, 0) is 5.41 Å². The number of carbonyl (C=O) groups is 1. The Morgan fingerprint density at radius 3 is 2.47 bits per heavy atom. The highest BCUT2D eigenvalue weighted by Crippen LogP contribution is 2.24. The van der Waals surface area contributed by atoms with E-state index in [9.17, 15) is 4.79 Å². The molecule has 1 heterocycles. The molecule has 1 aromatic heterocycles. The number of rotatable bonds is 5. The predicted molar refractivity (Wildman–Crippen MR) is 73.9 cm³/mol. The van der Waals surface area contributed by atoms with Crippen LogP contribution in [0, 0.1) is 0 Å². The van der Waals surface area contributed by atoms with Crippen molar-refractivity contribution in [2.24, 2.45) is 0 Å². The van der Waals surface area contributed by atoms with Gasteiger partial charge in [-0.3, -0.25) is 0 Å². The molecule has 1 aromatic rings. The second-order valence-corrected chi connectivity index (χ2v) is 5.79. The Morgan fingerprint density at radius 2 is 2.00 bits per heavy atom. The first-order valence-corrected chi connectivity index (χ1v) is 6.23. The number of aromatic nitrogens is 1. The molecule has 0 aliphatic carbocycles. The molecule has 0 aliphatic heterocycles. The molecule has 0 unspecified atom stereocenters. The van der Waals surface area contributed by atoms with Crippen LogP contribution in [0.3, 0.4) is 0 Å². The molecule has 0 spiro atoms. The van der Waals surface area contributed by atoms with E-state index in [1.165, 1.54) is 6.07 Å².